The summed E-state index contributed by atoms with van der Waals surface area (Å²) in [5.41, 5.74) is 8.25. The lowest BCUT2D eigenvalue weighted by Crippen LogP contribution is -2.20. The molecule has 0 aliphatic carbocycles. The molecule has 0 heterocycles. The van der Waals surface area contributed by atoms with Crippen molar-refractivity contribution in [1.29, 1.82) is 0 Å². The van der Waals surface area contributed by atoms with E-state index >= 15 is 0 Å². The van der Waals surface area contributed by atoms with E-state index in [2.05, 4.69) is 10.6 Å². The first-order valence-electron chi connectivity index (χ1n) is 5.78. The molecule has 0 radical (unpaired) electrons. The van der Waals surface area contributed by atoms with Gasteiger partial charge in [0.1, 0.15) is 5.75 Å². The molecule has 2 rings (SSSR count). The van der Waals surface area contributed by atoms with Gasteiger partial charge in [-0.15, -0.1) is 0 Å². The van der Waals surface area contributed by atoms with Crippen molar-refractivity contribution in [2.24, 2.45) is 0 Å². The Kier molecular flexibility index (Phi) is 3.56. The Balaban J connectivity index is 2.03. The SMILES string of the molecule is Cc1ccc(NC(=O)Nc2ccc(O)cc2N)cc1. The van der Waals surface area contributed by atoms with Crippen LogP contribution in [0.5, 0.6) is 5.75 Å². The predicted molar refractivity (Wildman–Crippen MR) is 76.3 cm³/mol. The molecule has 0 unspecified atom stereocenters. The van der Waals surface area contributed by atoms with Gasteiger partial charge in [0, 0.05) is 11.8 Å². The van der Waals surface area contributed by atoms with Crippen LogP contribution in [0.15, 0.2) is 42.5 Å². The molecule has 0 spiro atoms. The number of aromatic hydroxyl groups is 1. The maximum atomic E-state index is 11.8. The smallest absolute Gasteiger partial charge is 0.323 e. The average molecular weight is 257 g/mol. The van der Waals surface area contributed by atoms with Crippen molar-refractivity contribution in [3.63, 3.8) is 0 Å². The molecule has 0 fully saturated rings. The fourth-order valence-electron chi connectivity index (χ4n) is 1.59. The number of urea groups is 1. The standard InChI is InChI=1S/C14H15N3O2/c1-9-2-4-10(5-3-9)16-14(19)17-13-7-6-11(18)8-12(13)15/h2-8,18H,15H2,1H3,(H2,16,17,19). The number of carbonyl (C=O) groups is 1. The molecule has 0 aromatic heterocycles. The number of nitrogens with two attached hydrogens (primary N) is 1. The van der Waals surface area contributed by atoms with Crippen molar-refractivity contribution < 1.29 is 9.90 Å². The van der Waals surface area contributed by atoms with Gasteiger partial charge in [0.05, 0.1) is 11.4 Å². The number of hydrogen-bond donors (Lipinski definition) is 4. The number of amides is 2. The monoisotopic (exact) mass is 257 g/mol. The zero-order valence-corrected chi connectivity index (χ0v) is 10.5. The minimum Gasteiger partial charge on any atom is -0.508 e. The first kappa shape index (κ1) is 12.8. The summed E-state index contributed by atoms with van der Waals surface area (Å²) in [7, 11) is 0. The fraction of sp³-hybridized carbons (Fsp3) is 0.0714. The van der Waals surface area contributed by atoms with Crippen LogP contribution in [0, 0.1) is 6.92 Å². The first-order valence-corrected chi connectivity index (χ1v) is 5.78. The topological polar surface area (TPSA) is 87.4 Å². The van der Waals surface area contributed by atoms with Crippen LogP contribution in [0.4, 0.5) is 21.9 Å². The van der Waals surface area contributed by atoms with Gasteiger partial charge in [-0.1, -0.05) is 17.7 Å². The second-order valence-electron chi connectivity index (χ2n) is 4.22. The van der Waals surface area contributed by atoms with Gasteiger partial charge in [0.25, 0.3) is 0 Å². The second-order valence-corrected chi connectivity index (χ2v) is 4.22. The largest absolute Gasteiger partial charge is 0.508 e. The summed E-state index contributed by atoms with van der Waals surface area (Å²) in [6.45, 7) is 1.97. The Labute approximate surface area is 111 Å². The third-order valence-electron chi connectivity index (χ3n) is 2.59. The number of hydrogen-bond acceptors (Lipinski definition) is 3. The lowest BCUT2D eigenvalue weighted by atomic mass is 10.2. The number of anilines is 3. The highest BCUT2D eigenvalue weighted by atomic mass is 16.3. The minimum atomic E-state index is -0.388. The van der Waals surface area contributed by atoms with E-state index in [0.29, 0.717) is 17.1 Å². The van der Waals surface area contributed by atoms with Gasteiger partial charge < -0.3 is 21.5 Å². The summed E-state index contributed by atoms with van der Waals surface area (Å²) < 4.78 is 0. The molecule has 2 aromatic carbocycles. The first-order chi connectivity index (χ1) is 9.04. The summed E-state index contributed by atoms with van der Waals surface area (Å²) in [6.07, 6.45) is 0. The normalized spacial score (nSPS) is 9.95. The van der Waals surface area contributed by atoms with E-state index in [4.69, 9.17) is 5.73 Å². The second kappa shape index (κ2) is 5.30. The van der Waals surface area contributed by atoms with Gasteiger partial charge in [0.2, 0.25) is 0 Å². The van der Waals surface area contributed by atoms with Gasteiger partial charge in [-0.05, 0) is 31.2 Å². The lowest BCUT2D eigenvalue weighted by Gasteiger charge is -2.10. The highest BCUT2D eigenvalue weighted by molar-refractivity contribution is 6.01. The molecule has 5 heteroatoms. The van der Waals surface area contributed by atoms with E-state index in [1.54, 1.807) is 6.07 Å². The van der Waals surface area contributed by atoms with Crippen LogP contribution in [0.25, 0.3) is 0 Å². The van der Waals surface area contributed by atoms with Crippen LogP contribution in [-0.2, 0) is 0 Å². The van der Waals surface area contributed by atoms with Crippen LogP contribution >= 0.6 is 0 Å². The number of phenolic OH excluding ortho intramolecular Hbond substituents is 1. The molecule has 0 saturated heterocycles. The summed E-state index contributed by atoms with van der Waals surface area (Å²) in [5.74, 6) is 0.0574. The van der Waals surface area contributed by atoms with Crippen LogP contribution in [-0.4, -0.2) is 11.1 Å². The third kappa shape index (κ3) is 3.38. The summed E-state index contributed by atoms with van der Waals surface area (Å²) in [4.78, 5) is 11.8. The van der Waals surface area contributed by atoms with E-state index in [0.717, 1.165) is 5.56 Å². The van der Waals surface area contributed by atoms with Gasteiger partial charge in [-0.25, -0.2) is 4.79 Å². The molecule has 0 saturated carbocycles. The summed E-state index contributed by atoms with van der Waals surface area (Å²) >= 11 is 0. The molecule has 19 heavy (non-hydrogen) atoms. The highest BCUT2D eigenvalue weighted by Gasteiger charge is 2.05. The van der Waals surface area contributed by atoms with Crippen molar-refractivity contribution in [1.82, 2.24) is 0 Å². The van der Waals surface area contributed by atoms with Crippen LogP contribution in [0.1, 0.15) is 5.56 Å². The lowest BCUT2D eigenvalue weighted by molar-refractivity contribution is 0.262. The number of phenols is 1. The van der Waals surface area contributed by atoms with E-state index in [1.807, 2.05) is 31.2 Å². The van der Waals surface area contributed by atoms with Gasteiger partial charge >= 0.3 is 6.03 Å². The van der Waals surface area contributed by atoms with Crippen molar-refractivity contribution >= 4 is 23.1 Å². The highest BCUT2D eigenvalue weighted by Crippen LogP contribution is 2.23. The number of carbonyl (C=O) groups excluding carboxylic acids is 1. The molecule has 0 aliphatic heterocycles. The molecule has 2 amide bonds. The van der Waals surface area contributed by atoms with Crippen LogP contribution < -0.4 is 16.4 Å². The Morgan fingerprint density at radius 2 is 1.79 bits per heavy atom. The van der Waals surface area contributed by atoms with Crippen LogP contribution in [0.3, 0.4) is 0 Å². The fourth-order valence-corrected chi connectivity index (χ4v) is 1.59. The molecule has 0 bridgehead atoms. The van der Waals surface area contributed by atoms with Gasteiger partial charge in [-0.2, -0.15) is 0 Å². The molecular weight excluding hydrogens is 242 g/mol. The zero-order chi connectivity index (χ0) is 13.8. The Hall–Kier alpha value is -2.69. The van der Waals surface area contributed by atoms with Gasteiger partial charge in [0.15, 0.2) is 0 Å². The van der Waals surface area contributed by atoms with Crippen molar-refractivity contribution in [3.05, 3.63) is 48.0 Å². The summed E-state index contributed by atoms with van der Waals surface area (Å²) in [6, 6.07) is 11.4. The molecule has 0 atom stereocenters. The number of benzene rings is 2. The van der Waals surface area contributed by atoms with E-state index in [9.17, 15) is 9.90 Å². The zero-order valence-electron chi connectivity index (χ0n) is 10.5. The van der Waals surface area contributed by atoms with E-state index < -0.39 is 0 Å². The minimum absolute atomic E-state index is 0.0574. The average Bonchev–Trinajstić information content (AvgIpc) is 2.36. The van der Waals surface area contributed by atoms with E-state index in [1.165, 1.54) is 12.1 Å². The maximum Gasteiger partial charge on any atom is 0.323 e. The Morgan fingerprint density at radius 3 is 2.42 bits per heavy atom. The molecule has 5 nitrogen and oxygen atoms in total. The Morgan fingerprint density at radius 1 is 1.11 bits per heavy atom. The molecule has 98 valence electrons. The molecule has 0 aliphatic rings. The third-order valence-corrected chi connectivity index (χ3v) is 2.59. The van der Waals surface area contributed by atoms with Crippen molar-refractivity contribution in [3.8, 4) is 5.75 Å². The number of aryl methyl sites for hydroxylation is 1. The number of rotatable bonds is 2. The molecule has 2 aromatic rings. The summed E-state index contributed by atoms with van der Waals surface area (Å²) in [5, 5.41) is 14.5. The predicted octanol–water partition coefficient (Wildman–Crippen LogP) is 2.93. The van der Waals surface area contributed by atoms with Crippen molar-refractivity contribution in [2.45, 2.75) is 6.92 Å². The maximum absolute atomic E-state index is 11.8. The number of nitrogen functional groups attached to an aromatic ring is 1. The Bertz CT molecular complexity index is 594. The van der Waals surface area contributed by atoms with Crippen molar-refractivity contribution in [2.75, 3.05) is 16.4 Å². The molecular formula is C14H15N3O2. The van der Waals surface area contributed by atoms with Crippen LogP contribution in [0.2, 0.25) is 0 Å². The quantitative estimate of drug-likeness (QED) is 0.492. The molecule has 5 N–H and O–H groups in total. The van der Waals surface area contributed by atoms with Gasteiger partial charge in [-0.3, -0.25) is 0 Å². The van der Waals surface area contributed by atoms with E-state index in [-0.39, 0.29) is 11.8 Å². The number of nitrogens with one attached hydrogen (secondary N) is 2.